The summed E-state index contributed by atoms with van der Waals surface area (Å²) >= 11 is 0. The topological polar surface area (TPSA) is 54.4 Å². The lowest BCUT2D eigenvalue weighted by atomic mass is 9.77. The molecule has 4 nitrogen and oxygen atoms in total. The second-order valence-electron chi connectivity index (χ2n) is 5.46. The maximum Gasteiger partial charge on any atom is 0.416 e. The Morgan fingerprint density at radius 3 is 2.55 bits per heavy atom. The molecule has 2 aliphatic rings. The van der Waals surface area contributed by atoms with Crippen LogP contribution in [0.3, 0.4) is 0 Å². The number of nitrogens with one attached hydrogen (secondary N) is 1. The van der Waals surface area contributed by atoms with E-state index in [-0.39, 0.29) is 30.5 Å². The summed E-state index contributed by atoms with van der Waals surface area (Å²) in [7, 11) is 0. The number of piperidine rings is 1. The summed E-state index contributed by atoms with van der Waals surface area (Å²) in [5.41, 5.74) is -2.45. The molecule has 2 atom stereocenters. The van der Waals surface area contributed by atoms with Gasteiger partial charge in [0.25, 0.3) is 0 Å². The Labute approximate surface area is 114 Å². The highest BCUT2D eigenvalue weighted by molar-refractivity contribution is 5.33. The summed E-state index contributed by atoms with van der Waals surface area (Å²) < 4.78 is 44.6. The summed E-state index contributed by atoms with van der Waals surface area (Å²) in [6.45, 7) is 0.806. The van der Waals surface area contributed by atoms with Crippen LogP contribution >= 0.6 is 0 Å². The Balaban J connectivity index is 2.00. The van der Waals surface area contributed by atoms with Gasteiger partial charge in [-0.2, -0.15) is 13.2 Å². The van der Waals surface area contributed by atoms with Gasteiger partial charge in [0.2, 0.25) is 0 Å². The van der Waals surface area contributed by atoms with Crippen molar-refractivity contribution in [3.8, 4) is 0 Å². The molecule has 1 aromatic rings. The SMILES string of the molecule is OC1(c2cnccc2C(F)(F)F)CC2COCC(C1)N2. The highest BCUT2D eigenvalue weighted by Crippen LogP contribution is 2.42. The van der Waals surface area contributed by atoms with Crippen LogP contribution in [0.5, 0.6) is 0 Å². The van der Waals surface area contributed by atoms with Crippen molar-refractivity contribution in [2.24, 2.45) is 0 Å². The maximum absolute atomic E-state index is 13.1. The average molecular weight is 288 g/mol. The van der Waals surface area contributed by atoms with E-state index in [2.05, 4.69) is 10.3 Å². The Hall–Kier alpha value is -1.18. The summed E-state index contributed by atoms with van der Waals surface area (Å²) in [5.74, 6) is 0. The third-order valence-corrected chi connectivity index (χ3v) is 3.91. The van der Waals surface area contributed by atoms with Crippen LogP contribution in [-0.4, -0.2) is 35.4 Å². The van der Waals surface area contributed by atoms with E-state index < -0.39 is 17.3 Å². The zero-order valence-electron chi connectivity index (χ0n) is 10.7. The van der Waals surface area contributed by atoms with Crippen molar-refractivity contribution >= 4 is 0 Å². The Morgan fingerprint density at radius 2 is 1.95 bits per heavy atom. The minimum atomic E-state index is -4.50. The molecule has 2 fully saturated rings. The van der Waals surface area contributed by atoms with Crippen LogP contribution < -0.4 is 5.32 Å². The number of pyridine rings is 1. The van der Waals surface area contributed by atoms with E-state index in [1.165, 1.54) is 0 Å². The Kier molecular flexibility index (Phi) is 3.23. The highest BCUT2D eigenvalue weighted by Gasteiger charge is 2.46. The van der Waals surface area contributed by atoms with Crippen molar-refractivity contribution in [3.05, 3.63) is 29.6 Å². The van der Waals surface area contributed by atoms with Gasteiger partial charge in [-0.3, -0.25) is 4.98 Å². The molecule has 2 N–H and O–H groups in total. The molecular formula is C13H15F3N2O2. The molecule has 3 rings (SSSR count). The standard InChI is InChI=1S/C13H15F3N2O2/c14-13(15,16)10-1-2-17-5-11(10)12(19)3-8-6-20-7-9(4-12)18-8/h1-2,5,8-9,18-19H,3-4,6-7H2. The van der Waals surface area contributed by atoms with E-state index in [9.17, 15) is 18.3 Å². The molecule has 110 valence electrons. The van der Waals surface area contributed by atoms with E-state index in [1.54, 1.807) is 0 Å². The molecule has 7 heteroatoms. The van der Waals surface area contributed by atoms with Crippen molar-refractivity contribution in [1.82, 2.24) is 10.3 Å². The quantitative estimate of drug-likeness (QED) is 0.821. The van der Waals surface area contributed by atoms with Crippen LogP contribution in [0, 0.1) is 0 Å². The van der Waals surface area contributed by atoms with Crippen molar-refractivity contribution in [2.45, 2.75) is 36.7 Å². The van der Waals surface area contributed by atoms with Gasteiger partial charge in [-0.1, -0.05) is 0 Å². The van der Waals surface area contributed by atoms with Gasteiger partial charge in [-0.05, 0) is 18.9 Å². The van der Waals surface area contributed by atoms with Crippen LogP contribution in [0.2, 0.25) is 0 Å². The lowest BCUT2D eigenvalue weighted by molar-refractivity contribution is -0.143. The van der Waals surface area contributed by atoms with Gasteiger partial charge in [0.1, 0.15) is 0 Å². The zero-order valence-corrected chi connectivity index (χ0v) is 10.7. The molecule has 2 saturated heterocycles. The second-order valence-corrected chi connectivity index (χ2v) is 5.46. The zero-order chi connectivity index (χ0) is 14.4. The molecule has 0 radical (unpaired) electrons. The highest BCUT2D eigenvalue weighted by atomic mass is 19.4. The number of alkyl halides is 3. The van der Waals surface area contributed by atoms with Crippen LogP contribution in [-0.2, 0) is 16.5 Å². The van der Waals surface area contributed by atoms with E-state index >= 15 is 0 Å². The summed E-state index contributed by atoms with van der Waals surface area (Å²) in [4.78, 5) is 3.76. The van der Waals surface area contributed by atoms with Gasteiger partial charge >= 0.3 is 6.18 Å². The number of ether oxygens (including phenoxy) is 1. The smallest absolute Gasteiger partial charge is 0.385 e. The lowest BCUT2D eigenvalue weighted by Gasteiger charge is -2.45. The summed E-state index contributed by atoms with van der Waals surface area (Å²) in [6, 6.07) is 0.657. The van der Waals surface area contributed by atoms with Gasteiger partial charge in [0, 0.05) is 30.0 Å². The predicted molar refractivity (Wildman–Crippen MR) is 63.9 cm³/mol. The van der Waals surface area contributed by atoms with Crippen molar-refractivity contribution < 1.29 is 23.0 Å². The van der Waals surface area contributed by atoms with E-state index in [0.29, 0.717) is 13.2 Å². The number of morpholine rings is 1. The van der Waals surface area contributed by atoms with Crippen LogP contribution in [0.1, 0.15) is 24.0 Å². The number of aliphatic hydroxyl groups is 1. The molecule has 2 unspecified atom stereocenters. The van der Waals surface area contributed by atoms with Gasteiger partial charge in [0.15, 0.2) is 0 Å². The van der Waals surface area contributed by atoms with Crippen LogP contribution in [0.15, 0.2) is 18.5 Å². The fraction of sp³-hybridized carbons (Fsp3) is 0.615. The van der Waals surface area contributed by atoms with Gasteiger partial charge in [-0.25, -0.2) is 0 Å². The van der Waals surface area contributed by atoms with Crippen molar-refractivity contribution in [3.63, 3.8) is 0 Å². The van der Waals surface area contributed by atoms with Crippen LogP contribution in [0.4, 0.5) is 13.2 Å². The molecule has 0 aromatic carbocycles. The minimum absolute atomic E-state index is 0.131. The maximum atomic E-state index is 13.1. The number of hydrogen-bond donors (Lipinski definition) is 2. The molecule has 20 heavy (non-hydrogen) atoms. The molecule has 1 aromatic heterocycles. The molecule has 3 heterocycles. The number of rotatable bonds is 1. The first kappa shape index (κ1) is 13.8. The van der Waals surface area contributed by atoms with Gasteiger partial charge in [0.05, 0.1) is 24.4 Å². The fourth-order valence-electron chi connectivity index (χ4n) is 3.15. The predicted octanol–water partition coefficient (Wildman–Crippen LogP) is 1.44. The monoisotopic (exact) mass is 288 g/mol. The van der Waals surface area contributed by atoms with Crippen molar-refractivity contribution in [2.75, 3.05) is 13.2 Å². The number of halogens is 3. The molecule has 0 aliphatic carbocycles. The molecule has 2 aliphatic heterocycles. The summed E-state index contributed by atoms with van der Waals surface area (Å²) in [6.07, 6.45) is -1.88. The number of hydrogen-bond acceptors (Lipinski definition) is 4. The number of fused-ring (bicyclic) bond motifs is 2. The minimum Gasteiger partial charge on any atom is -0.385 e. The first-order valence-electron chi connectivity index (χ1n) is 6.46. The molecule has 0 saturated carbocycles. The largest absolute Gasteiger partial charge is 0.416 e. The van der Waals surface area contributed by atoms with Gasteiger partial charge < -0.3 is 15.2 Å². The molecule has 0 amide bonds. The van der Waals surface area contributed by atoms with E-state index in [1.807, 2.05) is 0 Å². The first-order chi connectivity index (χ1) is 9.38. The second kappa shape index (κ2) is 4.68. The van der Waals surface area contributed by atoms with Crippen molar-refractivity contribution in [1.29, 1.82) is 0 Å². The Morgan fingerprint density at radius 1 is 1.30 bits per heavy atom. The van der Waals surface area contributed by atoms with Crippen LogP contribution in [0.25, 0.3) is 0 Å². The molecule has 2 bridgehead atoms. The first-order valence-corrected chi connectivity index (χ1v) is 6.46. The molecule has 0 spiro atoms. The fourth-order valence-corrected chi connectivity index (χ4v) is 3.15. The average Bonchev–Trinajstić information content (AvgIpc) is 2.37. The van der Waals surface area contributed by atoms with E-state index in [4.69, 9.17) is 4.74 Å². The molecular weight excluding hydrogens is 273 g/mol. The lowest BCUT2D eigenvalue weighted by Crippen LogP contribution is -2.59. The normalized spacial score (nSPS) is 34.0. The third kappa shape index (κ3) is 2.41. The van der Waals surface area contributed by atoms with Gasteiger partial charge in [-0.15, -0.1) is 0 Å². The third-order valence-electron chi connectivity index (χ3n) is 3.91. The van der Waals surface area contributed by atoms with E-state index in [0.717, 1.165) is 18.5 Å². The number of aromatic nitrogens is 1. The summed E-state index contributed by atoms with van der Waals surface area (Å²) in [5, 5.41) is 14.0. The Bertz CT molecular complexity index is 495. The number of nitrogens with zero attached hydrogens (tertiary/aromatic N) is 1.